The maximum Gasteiger partial charge on any atom is 0.251 e. The van der Waals surface area contributed by atoms with Crippen molar-refractivity contribution in [2.45, 2.75) is 26.7 Å². The Balaban J connectivity index is 1.64. The number of hydrogen-bond donors (Lipinski definition) is 2. The van der Waals surface area contributed by atoms with Crippen molar-refractivity contribution < 1.29 is 9.18 Å². The normalized spacial score (nSPS) is 10.9. The first-order valence-corrected chi connectivity index (χ1v) is 8.56. The third-order valence-corrected chi connectivity index (χ3v) is 4.38. The predicted molar refractivity (Wildman–Crippen MR) is 101 cm³/mol. The molecule has 0 saturated carbocycles. The number of benzene rings is 2. The van der Waals surface area contributed by atoms with Gasteiger partial charge in [0, 0.05) is 23.0 Å². The molecule has 0 saturated heterocycles. The number of amides is 1. The van der Waals surface area contributed by atoms with Crippen LogP contribution in [0.3, 0.4) is 0 Å². The van der Waals surface area contributed by atoms with Crippen LogP contribution in [0.2, 0.25) is 0 Å². The minimum atomic E-state index is -0.324. The second-order valence-electron chi connectivity index (χ2n) is 6.57. The lowest BCUT2D eigenvalue weighted by Crippen LogP contribution is -2.28. The molecule has 1 amide bonds. The van der Waals surface area contributed by atoms with E-state index in [4.69, 9.17) is 0 Å². The van der Waals surface area contributed by atoms with Crippen molar-refractivity contribution in [2.75, 3.05) is 6.54 Å². The molecule has 1 heterocycles. The van der Waals surface area contributed by atoms with E-state index in [1.165, 1.54) is 12.1 Å². The zero-order valence-corrected chi connectivity index (χ0v) is 14.9. The highest BCUT2D eigenvalue weighted by Crippen LogP contribution is 2.18. The van der Waals surface area contributed by atoms with E-state index in [0.717, 1.165) is 27.6 Å². The fourth-order valence-electron chi connectivity index (χ4n) is 3.09. The standard InChI is InChI=1S/C21H21FN2O2/c1-13-9-14(2)18-12-16(21(26)24-19(18)10-13)7-8-23-20(25)11-15-3-5-17(22)6-4-15/h3-6,9-10,12H,7-8,11H2,1-2H3,(H,23,25)(H,24,26). The van der Waals surface area contributed by atoms with Gasteiger partial charge in [-0.05, 0) is 61.2 Å². The molecule has 1 aromatic heterocycles. The van der Waals surface area contributed by atoms with Crippen molar-refractivity contribution in [3.63, 3.8) is 0 Å². The molecule has 0 aliphatic heterocycles. The molecule has 0 atom stereocenters. The number of nitrogens with one attached hydrogen (secondary N) is 2. The molecule has 0 unspecified atom stereocenters. The Morgan fingerprint density at radius 3 is 2.58 bits per heavy atom. The van der Waals surface area contributed by atoms with Gasteiger partial charge in [0.1, 0.15) is 5.82 Å². The van der Waals surface area contributed by atoms with Gasteiger partial charge in [0.15, 0.2) is 0 Å². The SMILES string of the molecule is Cc1cc(C)c2cc(CCNC(=O)Cc3ccc(F)cc3)c(=O)[nH]c2c1. The van der Waals surface area contributed by atoms with Crippen molar-refractivity contribution in [1.82, 2.24) is 10.3 Å². The molecule has 3 rings (SSSR count). The van der Waals surface area contributed by atoms with Gasteiger partial charge >= 0.3 is 0 Å². The molecule has 3 aromatic rings. The fourth-order valence-corrected chi connectivity index (χ4v) is 3.09. The van der Waals surface area contributed by atoms with E-state index in [1.54, 1.807) is 12.1 Å². The first-order chi connectivity index (χ1) is 12.4. The van der Waals surface area contributed by atoms with Crippen LogP contribution in [0.1, 0.15) is 22.3 Å². The van der Waals surface area contributed by atoms with E-state index in [2.05, 4.69) is 16.4 Å². The van der Waals surface area contributed by atoms with E-state index < -0.39 is 0 Å². The van der Waals surface area contributed by atoms with Gasteiger partial charge in [0.2, 0.25) is 5.91 Å². The Morgan fingerprint density at radius 1 is 1.12 bits per heavy atom. The van der Waals surface area contributed by atoms with Gasteiger partial charge in [-0.15, -0.1) is 0 Å². The van der Waals surface area contributed by atoms with Gasteiger partial charge in [-0.3, -0.25) is 9.59 Å². The molecule has 0 spiro atoms. The van der Waals surface area contributed by atoms with Crippen LogP contribution in [0.5, 0.6) is 0 Å². The molecule has 134 valence electrons. The summed E-state index contributed by atoms with van der Waals surface area (Å²) in [6.07, 6.45) is 0.639. The summed E-state index contributed by atoms with van der Waals surface area (Å²) < 4.78 is 12.9. The van der Waals surface area contributed by atoms with Crippen LogP contribution in [-0.4, -0.2) is 17.4 Å². The topological polar surface area (TPSA) is 62.0 Å². The summed E-state index contributed by atoms with van der Waals surface area (Å²) in [5.74, 6) is -0.476. The Bertz CT molecular complexity index is 1010. The summed E-state index contributed by atoms with van der Waals surface area (Å²) in [6, 6.07) is 11.8. The van der Waals surface area contributed by atoms with Crippen molar-refractivity contribution in [1.29, 1.82) is 0 Å². The van der Waals surface area contributed by atoms with Gasteiger partial charge in [0.05, 0.1) is 6.42 Å². The molecule has 0 aliphatic carbocycles. The summed E-state index contributed by atoms with van der Waals surface area (Å²) in [4.78, 5) is 27.2. The van der Waals surface area contributed by atoms with Gasteiger partial charge in [-0.1, -0.05) is 18.2 Å². The number of fused-ring (bicyclic) bond motifs is 1. The highest BCUT2D eigenvalue weighted by Gasteiger charge is 2.07. The lowest BCUT2D eigenvalue weighted by Gasteiger charge is -2.08. The van der Waals surface area contributed by atoms with Crippen molar-refractivity contribution in [3.05, 3.63) is 80.9 Å². The summed E-state index contributed by atoms with van der Waals surface area (Å²) >= 11 is 0. The average molecular weight is 352 g/mol. The molecule has 0 bridgehead atoms. The molecule has 0 aliphatic rings. The lowest BCUT2D eigenvalue weighted by atomic mass is 10.0. The van der Waals surface area contributed by atoms with Crippen LogP contribution in [0, 0.1) is 19.7 Å². The number of rotatable bonds is 5. The number of aromatic amines is 1. The number of halogens is 1. The van der Waals surface area contributed by atoms with Crippen molar-refractivity contribution >= 4 is 16.8 Å². The smallest absolute Gasteiger partial charge is 0.251 e. The largest absolute Gasteiger partial charge is 0.355 e. The van der Waals surface area contributed by atoms with Crippen molar-refractivity contribution in [3.8, 4) is 0 Å². The fraction of sp³-hybridized carbons (Fsp3) is 0.238. The third-order valence-electron chi connectivity index (χ3n) is 4.38. The third kappa shape index (κ3) is 4.17. The summed E-state index contributed by atoms with van der Waals surface area (Å²) in [5, 5.41) is 3.82. The van der Waals surface area contributed by atoms with E-state index in [1.807, 2.05) is 26.0 Å². The number of pyridine rings is 1. The van der Waals surface area contributed by atoms with Crippen molar-refractivity contribution in [2.24, 2.45) is 0 Å². The summed E-state index contributed by atoms with van der Waals surface area (Å²) in [7, 11) is 0. The Hall–Kier alpha value is -2.95. The van der Waals surface area contributed by atoms with E-state index in [0.29, 0.717) is 18.5 Å². The molecule has 4 nitrogen and oxygen atoms in total. The van der Waals surface area contributed by atoms with Crippen LogP contribution >= 0.6 is 0 Å². The molecular formula is C21H21FN2O2. The minimum Gasteiger partial charge on any atom is -0.355 e. The monoisotopic (exact) mass is 352 g/mol. The Kier molecular flexibility index (Phi) is 5.16. The zero-order chi connectivity index (χ0) is 18.7. The average Bonchev–Trinajstić information content (AvgIpc) is 2.58. The number of H-pyrrole nitrogens is 1. The van der Waals surface area contributed by atoms with Gasteiger partial charge in [-0.25, -0.2) is 4.39 Å². The molecule has 0 radical (unpaired) electrons. The van der Waals surface area contributed by atoms with Crippen LogP contribution < -0.4 is 10.9 Å². The summed E-state index contributed by atoms with van der Waals surface area (Å²) in [6.45, 7) is 4.39. The number of aryl methyl sites for hydroxylation is 2. The van der Waals surface area contributed by atoms with Crippen LogP contribution in [0.15, 0.2) is 47.3 Å². The maximum atomic E-state index is 12.9. The molecule has 2 aromatic carbocycles. The highest BCUT2D eigenvalue weighted by atomic mass is 19.1. The first kappa shape index (κ1) is 17.9. The second-order valence-corrected chi connectivity index (χ2v) is 6.57. The highest BCUT2D eigenvalue weighted by molar-refractivity contribution is 5.83. The number of carbonyl (C=O) groups excluding carboxylic acids is 1. The van der Waals surface area contributed by atoms with Crippen LogP contribution in [-0.2, 0) is 17.6 Å². The van der Waals surface area contributed by atoms with Gasteiger partial charge in [-0.2, -0.15) is 0 Å². The Labute approximate surface area is 151 Å². The number of carbonyl (C=O) groups is 1. The molecular weight excluding hydrogens is 331 g/mol. The number of aromatic nitrogens is 1. The number of hydrogen-bond acceptors (Lipinski definition) is 2. The molecule has 5 heteroatoms. The van der Waals surface area contributed by atoms with Gasteiger partial charge in [0.25, 0.3) is 5.56 Å². The Morgan fingerprint density at radius 2 is 1.85 bits per heavy atom. The maximum absolute atomic E-state index is 12.9. The lowest BCUT2D eigenvalue weighted by molar-refractivity contribution is -0.120. The predicted octanol–water partition coefficient (Wildman–Crippen LogP) is 3.19. The van der Waals surface area contributed by atoms with Crippen LogP contribution in [0.25, 0.3) is 10.9 Å². The quantitative estimate of drug-likeness (QED) is 0.741. The molecule has 0 fully saturated rings. The first-order valence-electron chi connectivity index (χ1n) is 8.56. The molecule has 2 N–H and O–H groups in total. The van der Waals surface area contributed by atoms with E-state index in [-0.39, 0.29) is 23.7 Å². The minimum absolute atomic E-state index is 0.129. The second kappa shape index (κ2) is 7.52. The molecule has 26 heavy (non-hydrogen) atoms. The summed E-state index contributed by atoms with van der Waals surface area (Å²) in [5.41, 5.74) is 4.31. The van der Waals surface area contributed by atoms with E-state index >= 15 is 0 Å². The zero-order valence-electron chi connectivity index (χ0n) is 14.9. The van der Waals surface area contributed by atoms with Gasteiger partial charge < -0.3 is 10.3 Å². The van der Waals surface area contributed by atoms with Crippen LogP contribution in [0.4, 0.5) is 4.39 Å². The van der Waals surface area contributed by atoms with E-state index in [9.17, 15) is 14.0 Å².